The van der Waals surface area contributed by atoms with Crippen molar-refractivity contribution in [3.8, 4) is 0 Å². The molecule has 0 N–H and O–H groups in total. The van der Waals surface area contributed by atoms with E-state index < -0.39 is 0 Å². The minimum absolute atomic E-state index is 0.0493. The van der Waals surface area contributed by atoms with E-state index in [-0.39, 0.29) is 5.66 Å². The molecule has 0 spiro atoms. The lowest BCUT2D eigenvalue weighted by Gasteiger charge is -2.51. The van der Waals surface area contributed by atoms with Gasteiger partial charge in [-0.1, -0.05) is 139 Å². The fourth-order valence-electron chi connectivity index (χ4n) is 6.21. The summed E-state index contributed by atoms with van der Waals surface area (Å²) in [4.78, 5) is 5.46. The van der Waals surface area contributed by atoms with E-state index in [1.54, 1.807) is 0 Å². The van der Waals surface area contributed by atoms with Crippen LogP contribution in [0.4, 0.5) is 0 Å². The summed E-state index contributed by atoms with van der Waals surface area (Å²) in [5.41, 5.74) is 2.87. The summed E-state index contributed by atoms with van der Waals surface area (Å²) < 4.78 is 0. The van der Waals surface area contributed by atoms with Gasteiger partial charge in [0.25, 0.3) is 0 Å². The largest absolute Gasteiger partial charge is 0.353 e. The third-order valence-corrected chi connectivity index (χ3v) is 8.15. The van der Waals surface area contributed by atoms with Crippen LogP contribution in [-0.2, 0) is 6.42 Å². The summed E-state index contributed by atoms with van der Waals surface area (Å²) in [6.07, 6.45) is 21.8. The molecule has 2 aromatic carbocycles. The summed E-state index contributed by atoms with van der Waals surface area (Å²) in [6.45, 7) is 9.28. The second-order valence-electron chi connectivity index (χ2n) is 10.8. The van der Waals surface area contributed by atoms with Crippen molar-refractivity contribution >= 4 is 0 Å². The average molecular weight is 489 g/mol. The van der Waals surface area contributed by atoms with Crippen molar-refractivity contribution < 1.29 is 0 Å². The minimum atomic E-state index is -0.0493. The van der Waals surface area contributed by atoms with E-state index in [1.807, 2.05) is 0 Å². The van der Waals surface area contributed by atoms with E-state index in [0.29, 0.717) is 5.92 Å². The van der Waals surface area contributed by atoms with Gasteiger partial charge < -0.3 is 9.80 Å². The van der Waals surface area contributed by atoms with Crippen LogP contribution < -0.4 is 0 Å². The van der Waals surface area contributed by atoms with Crippen LogP contribution in [0, 0.1) is 0 Å². The van der Waals surface area contributed by atoms with Gasteiger partial charge in [-0.3, -0.25) is 0 Å². The first-order valence-electron chi connectivity index (χ1n) is 15.1. The van der Waals surface area contributed by atoms with Crippen molar-refractivity contribution in [3.63, 3.8) is 0 Å². The van der Waals surface area contributed by atoms with Crippen LogP contribution >= 0.6 is 0 Å². The van der Waals surface area contributed by atoms with Crippen LogP contribution in [-0.4, -0.2) is 28.6 Å². The summed E-state index contributed by atoms with van der Waals surface area (Å²) in [5.74, 6) is 0.449. The molecule has 2 aromatic rings. The first-order chi connectivity index (χ1) is 17.8. The van der Waals surface area contributed by atoms with Crippen molar-refractivity contribution in [2.75, 3.05) is 13.1 Å². The molecule has 1 aliphatic heterocycles. The number of hydrogen-bond acceptors (Lipinski definition) is 2. The highest BCUT2D eigenvalue weighted by molar-refractivity contribution is 5.30. The van der Waals surface area contributed by atoms with Gasteiger partial charge >= 0.3 is 0 Å². The molecule has 0 saturated heterocycles. The summed E-state index contributed by atoms with van der Waals surface area (Å²) in [6, 6.07) is 22.5. The van der Waals surface area contributed by atoms with E-state index in [0.717, 1.165) is 25.9 Å². The Morgan fingerprint density at radius 2 is 1.06 bits per heavy atom. The molecular formula is C34H52N2. The Morgan fingerprint density at radius 3 is 1.61 bits per heavy atom. The zero-order valence-electron chi connectivity index (χ0n) is 23.5. The van der Waals surface area contributed by atoms with E-state index in [4.69, 9.17) is 0 Å². The highest BCUT2D eigenvalue weighted by Crippen LogP contribution is 2.45. The van der Waals surface area contributed by atoms with Crippen LogP contribution in [0.3, 0.4) is 0 Å². The number of benzene rings is 2. The van der Waals surface area contributed by atoms with Crippen LogP contribution in [0.1, 0.15) is 115 Å². The molecule has 2 heteroatoms. The molecule has 0 fully saturated rings. The number of unbranched alkanes of at least 4 members (excludes halogenated alkanes) is 9. The Bertz CT molecular complexity index is 846. The van der Waals surface area contributed by atoms with Crippen molar-refractivity contribution in [2.24, 2.45) is 0 Å². The normalized spacial score (nSPS) is 18.2. The first-order valence-corrected chi connectivity index (χ1v) is 15.1. The highest BCUT2D eigenvalue weighted by atomic mass is 15.4. The number of rotatable bonds is 18. The standard InChI is InChI=1S/C34H52N2/c1-4-7-9-10-11-12-13-21-27-36-29-28-35(26-20-8-5-2)34(36,30-31-22-16-14-17-23-31)33(6-3)32-24-18-15-19-25-32/h14-19,22-25,28-29,33H,4-13,20-21,26-27,30H2,1-3H3. The lowest BCUT2D eigenvalue weighted by molar-refractivity contribution is -0.00373. The molecule has 198 valence electrons. The van der Waals surface area contributed by atoms with E-state index in [9.17, 15) is 0 Å². The Hall–Kier alpha value is -2.22. The van der Waals surface area contributed by atoms with Crippen LogP contribution in [0.5, 0.6) is 0 Å². The molecule has 1 heterocycles. The second-order valence-corrected chi connectivity index (χ2v) is 10.8. The van der Waals surface area contributed by atoms with Gasteiger partial charge in [-0.15, -0.1) is 0 Å². The molecule has 0 bridgehead atoms. The molecule has 0 aliphatic carbocycles. The number of nitrogens with zero attached hydrogens (tertiary/aromatic N) is 2. The maximum atomic E-state index is 2.74. The van der Waals surface area contributed by atoms with Crippen LogP contribution in [0.2, 0.25) is 0 Å². The number of hydrogen-bond donors (Lipinski definition) is 0. The van der Waals surface area contributed by atoms with Crippen molar-refractivity contribution in [1.82, 2.24) is 9.80 Å². The van der Waals surface area contributed by atoms with Gasteiger partial charge in [0.15, 0.2) is 0 Å². The first kappa shape index (κ1) is 28.4. The van der Waals surface area contributed by atoms with E-state index in [1.165, 1.54) is 81.8 Å². The van der Waals surface area contributed by atoms with Gasteiger partial charge in [0.2, 0.25) is 0 Å². The van der Waals surface area contributed by atoms with E-state index >= 15 is 0 Å². The maximum absolute atomic E-state index is 2.74. The Labute approximate surface area is 222 Å². The second kappa shape index (κ2) is 15.8. The quantitative estimate of drug-likeness (QED) is 0.193. The van der Waals surface area contributed by atoms with Crippen LogP contribution in [0.15, 0.2) is 73.1 Å². The van der Waals surface area contributed by atoms with Crippen LogP contribution in [0.25, 0.3) is 0 Å². The molecule has 2 atom stereocenters. The lowest BCUT2D eigenvalue weighted by atomic mass is 9.78. The third-order valence-electron chi connectivity index (χ3n) is 8.15. The zero-order chi connectivity index (χ0) is 25.5. The molecule has 0 saturated carbocycles. The Kier molecular flexibility index (Phi) is 12.4. The molecule has 36 heavy (non-hydrogen) atoms. The molecule has 2 unspecified atom stereocenters. The Balaban J connectivity index is 1.84. The zero-order valence-corrected chi connectivity index (χ0v) is 23.5. The topological polar surface area (TPSA) is 6.48 Å². The predicted molar refractivity (Wildman–Crippen MR) is 157 cm³/mol. The minimum Gasteiger partial charge on any atom is -0.353 e. The fourth-order valence-corrected chi connectivity index (χ4v) is 6.21. The summed E-state index contributed by atoms with van der Waals surface area (Å²) in [7, 11) is 0. The molecule has 0 radical (unpaired) electrons. The highest BCUT2D eigenvalue weighted by Gasteiger charge is 2.49. The lowest BCUT2D eigenvalue weighted by Crippen LogP contribution is -2.59. The average Bonchev–Trinajstić information content (AvgIpc) is 3.24. The van der Waals surface area contributed by atoms with Gasteiger partial charge in [0.05, 0.1) is 0 Å². The van der Waals surface area contributed by atoms with Gasteiger partial charge in [0.1, 0.15) is 5.66 Å². The Morgan fingerprint density at radius 1 is 0.583 bits per heavy atom. The molecule has 0 aromatic heterocycles. The molecule has 0 amide bonds. The third kappa shape index (κ3) is 7.64. The summed E-state index contributed by atoms with van der Waals surface area (Å²) in [5, 5.41) is 0. The predicted octanol–water partition coefficient (Wildman–Crippen LogP) is 9.54. The molecule has 2 nitrogen and oxygen atoms in total. The molecular weight excluding hydrogens is 436 g/mol. The molecule has 3 rings (SSSR count). The van der Waals surface area contributed by atoms with Gasteiger partial charge in [-0.25, -0.2) is 0 Å². The van der Waals surface area contributed by atoms with Gasteiger partial charge in [-0.2, -0.15) is 0 Å². The van der Waals surface area contributed by atoms with Crippen molar-refractivity contribution in [3.05, 3.63) is 84.2 Å². The molecule has 1 aliphatic rings. The van der Waals surface area contributed by atoms with Crippen molar-refractivity contribution in [2.45, 2.75) is 116 Å². The van der Waals surface area contributed by atoms with Gasteiger partial charge in [0, 0.05) is 37.8 Å². The maximum Gasteiger partial charge on any atom is 0.123 e. The van der Waals surface area contributed by atoms with E-state index in [2.05, 4.69) is 104 Å². The smallest absolute Gasteiger partial charge is 0.123 e. The van der Waals surface area contributed by atoms with Gasteiger partial charge in [-0.05, 0) is 30.4 Å². The van der Waals surface area contributed by atoms with Crippen molar-refractivity contribution in [1.29, 1.82) is 0 Å². The summed E-state index contributed by atoms with van der Waals surface area (Å²) >= 11 is 0. The SMILES string of the molecule is CCCCCCCCCCN1C=CN(CCCCC)C1(Cc1ccccc1)C(CC)c1ccccc1. The fraction of sp³-hybridized carbons (Fsp3) is 0.588. The monoisotopic (exact) mass is 488 g/mol.